The Balaban J connectivity index is 2.09. The SMILES string of the molecule is CC1(O)CCC2CCCC1C2. The van der Waals surface area contributed by atoms with Gasteiger partial charge in [-0.3, -0.25) is 0 Å². The van der Waals surface area contributed by atoms with Crippen molar-refractivity contribution in [3.05, 3.63) is 0 Å². The van der Waals surface area contributed by atoms with Gasteiger partial charge in [0.1, 0.15) is 0 Å². The summed E-state index contributed by atoms with van der Waals surface area (Å²) in [4.78, 5) is 0. The molecule has 0 aliphatic heterocycles. The van der Waals surface area contributed by atoms with E-state index in [4.69, 9.17) is 0 Å². The molecule has 64 valence electrons. The lowest BCUT2D eigenvalue weighted by Crippen LogP contribution is -2.42. The van der Waals surface area contributed by atoms with Crippen molar-refractivity contribution in [1.29, 1.82) is 0 Å². The van der Waals surface area contributed by atoms with Gasteiger partial charge in [-0.15, -0.1) is 0 Å². The van der Waals surface area contributed by atoms with Gasteiger partial charge >= 0.3 is 0 Å². The molecular formula is C10H18O. The summed E-state index contributed by atoms with van der Waals surface area (Å²) >= 11 is 0. The number of hydrogen-bond acceptors (Lipinski definition) is 1. The molecule has 1 heteroatoms. The minimum atomic E-state index is -0.322. The summed E-state index contributed by atoms with van der Waals surface area (Å²) in [6.07, 6.45) is 7.65. The van der Waals surface area contributed by atoms with Crippen LogP contribution in [-0.4, -0.2) is 10.7 Å². The lowest BCUT2D eigenvalue weighted by Gasteiger charge is -2.44. The van der Waals surface area contributed by atoms with Crippen LogP contribution in [0.3, 0.4) is 0 Å². The van der Waals surface area contributed by atoms with Crippen LogP contribution in [-0.2, 0) is 0 Å². The van der Waals surface area contributed by atoms with Gasteiger partial charge in [-0.2, -0.15) is 0 Å². The van der Waals surface area contributed by atoms with Crippen LogP contribution in [0, 0.1) is 11.8 Å². The molecule has 2 rings (SSSR count). The summed E-state index contributed by atoms with van der Waals surface area (Å²) < 4.78 is 0. The Morgan fingerprint density at radius 3 is 2.82 bits per heavy atom. The summed E-state index contributed by atoms with van der Waals surface area (Å²) in [5.41, 5.74) is -0.322. The molecule has 1 nitrogen and oxygen atoms in total. The van der Waals surface area contributed by atoms with Crippen LogP contribution in [0.1, 0.15) is 45.4 Å². The highest BCUT2D eigenvalue weighted by atomic mass is 16.3. The number of rotatable bonds is 0. The molecule has 0 aromatic heterocycles. The maximum absolute atomic E-state index is 9.99. The van der Waals surface area contributed by atoms with Gasteiger partial charge in [0.05, 0.1) is 5.60 Å². The Hall–Kier alpha value is -0.0400. The minimum absolute atomic E-state index is 0.322. The van der Waals surface area contributed by atoms with Crippen molar-refractivity contribution in [2.45, 2.75) is 51.0 Å². The molecule has 3 atom stereocenters. The first-order valence-corrected chi connectivity index (χ1v) is 4.91. The van der Waals surface area contributed by atoms with E-state index < -0.39 is 0 Å². The lowest BCUT2D eigenvalue weighted by atomic mass is 9.65. The molecule has 0 spiro atoms. The van der Waals surface area contributed by atoms with Crippen LogP contribution >= 0.6 is 0 Å². The summed E-state index contributed by atoms with van der Waals surface area (Å²) in [6, 6.07) is 0. The van der Waals surface area contributed by atoms with Gasteiger partial charge in [-0.1, -0.05) is 12.8 Å². The third kappa shape index (κ3) is 1.31. The van der Waals surface area contributed by atoms with Crippen LogP contribution in [0.4, 0.5) is 0 Å². The van der Waals surface area contributed by atoms with Crippen LogP contribution in [0.2, 0.25) is 0 Å². The maximum Gasteiger partial charge on any atom is 0.0648 e. The normalized spacial score (nSPS) is 50.7. The van der Waals surface area contributed by atoms with E-state index in [1.807, 2.05) is 6.92 Å². The van der Waals surface area contributed by atoms with Gasteiger partial charge in [0.15, 0.2) is 0 Å². The molecule has 0 aromatic carbocycles. The number of fused-ring (bicyclic) bond motifs is 2. The molecule has 0 radical (unpaired) electrons. The average Bonchev–Trinajstić information content (AvgIpc) is 2.00. The highest BCUT2D eigenvalue weighted by Crippen LogP contribution is 2.44. The fourth-order valence-corrected chi connectivity index (χ4v) is 2.82. The zero-order chi connectivity index (χ0) is 7.90. The van der Waals surface area contributed by atoms with Crippen LogP contribution in [0.5, 0.6) is 0 Å². The fourth-order valence-electron chi connectivity index (χ4n) is 2.82. The van der Waals surface area contributed by atoms with Gasteiger partial charge in [0.25, 0.3) is 0 Å². The van der Waals surface area contributed by atoms with Gasteiger partial charge in [-0.05, 0) is 44.4 Å². The van der Waals surface area contributed by atoms with E-state index in [-0.39, 0.29) is 5.60 Å². The second-order valence-corrected chi connectivity index (χ2v) is 4.63. The van der Waals surface area contributed by atoms with Gasteiger partial charge < -0.3 is 5.11 Å². The zero-order valence-corrected chi connectivity index (χ0v) is 7.34. The Labute approximate surface area is 68.8 Å². The summed E-state index contributed by atoms with van der Waals surface area (Å²) in [7, 11) is 0. The Morgan fingerprint density at radius 1 is 1.27 bits per heavy atom. The standard InChI is InChI=1S/C10H18O/c1-10(11)6-5-8-3-2-4-9(10)7-8/h8-9,11H,2-7H2,1H3. The first-order valence-electron chi connectivity index (χ1n) is 4.91. The van der Waals surface area contributed by atoms with E-state index in [1.165, 1.54) is 32.1 Å². The predicted octanol–water partition coefficient (Wildman–Crippen LogP) is 2.34. The highest BCUT2D eigenvalue weighted by Gasteiger charge is 2.39. The second kappa shape index (κ2) is 2.48. The van der Waals surface area contributed by atoms with E-state index in [0.29, 0.717) is 5.92 Å². The third-order valence-electron chi connectivity index (χ3n) is 3.72. The molecule has 2 bridgehead atoms. The van der Waals surface area contributed by atoms with Crippen molar-refractivity contribution >= 4 is 0 Å². The molecule has 2 saturated carbocycles. The predicted molar refractivity (Wildman–Crippen MR) is 45.3 cm³/mol. The molecule has 0 heterocycles. The Morgan fingerprint density at radius 2 is 2.09 bits per heavy atom. The van der Waals surface area contributed by atoms with Crippen LogP contribution in [0.15, 0.2) is 0 Å². The second-order valence-electron chi connectivity index (χ2n) is 4.63. The molecule has 0 saturated heterocycles. The van der Waals surface area contributed by atoms with Crippen LogP contribution in [0.25, 0.3) is 0 Å². The molecule has 0 amide bonds. The van der Waals surface area contributed by atoms with Gasteiger partial charge in [-0.25, -0.2) is 0 Å². The molecule has 2 aliphatic carbocycles. The lowest BCUT2D eigenvalue weighted by molar-refractivity contribution is -0.0640. The van der Waals surface area contributed by atoms with E-state index in [2.05, 4.69) is 0 Å². The topological polar surface area (TPSA) is 20.2 Å². The van der Waals surface area contributed by atoms with Crippen molar-refractivity contribution in [3.8, 4) is 0 Å². The van der Waals surface area contributed by atoms with Crippen LogP contribution < -0.4 is 0 Å². The van der Waals surface area contributed by atoms with Crippen molar-refractivity contribution < 1.29 is 5.11 Å². The van der Waals surface area contributed by atoms with Crippen molar-refractivity contribution in [3.63, 3.8) is 0 Å². The Kier molecular flexibility index (Phi) is 1.71. The maximum atomic E-state index is 9.99. The average molecular weight is 154 g/mol. The minimum Gasteiger partial charge on any atom is -0.390 e. The van der Waals surface area contributed by atoms with E-state index in [9.17, 15) is 5.11 Å². The van der Waals surface area contributed by atoms with E-state index in [0.717, 1.165) is 12.3 Å². The fraction of sp³-hybridized carbons (Fsp3) is 1.00. The van der Waals surface area contributed by atoms with Gasteiger partial charge in [0.2, 0.25) is 0 Å². The first kappa shape index (κ1) is 7.60. The van der Waals surface area contributed by atoms with Crippen molar-refractivity contribution in [1.82, 2.24) is 0 Å². The molecule has 2 aliphatic rings. The monoisotopic (exact) mass is 154 g/mol. The Bertz CT molecular complexity index is 151. The van der Waals surface area contributed by atoms with Gasteiger partial charge in [0, 0.05) is 0 Å². The largest absolute Gasteiger partial charge is 0.390 e. The highest BCUT2D eigenvalue weighted by molar-refractivity contribution is 4.91. The molecular weight excluding hydrogens is 136 g/mol. The summed E-state index contributed by atoms with van der Waals surface area (Å²) in [6.45, 7) is 2.03. The molecule has 3 unspecified atom stereocenters. The molecule has 0 aromatic rings. The smallest absolute Gasteiger partial charge is 0.0648 e. The quantitative estimate of drug-likeness (QED) is 0.568. The number of aliphatic hydroxyl groups is 1. The first-order chi connectivity index (χ1) is 5.18. The van der Waals surface area contributed by atoms with E-state index >= 15 is 0 Å². The summed E-state index contributed by atoms with van der Waals surface area (Å²) in [5, 5.41) is 9.99. The van der Waals surface area contributed by atoms with E-state index in [1.54, 1.807) is 0 Å². The third-order valence-corrected chi connectivity index (χ3v) is 3.72. The molecule has 1 N–H and O–H groups in total. The molecule has 11 heavy (non-hydrogen) atoms. The zero-order valence-electron chi connectivity index (χ0n) is 7.34. The van der Waals surface area contributed by atoms with Crippen molar-refractivity contribution in [2.24, 2.45) is 11.8 Å². The summed E-state index contributed by atoms with van der Waals surface area (Å²) in [5.74, 6) is 1.57. The molecule has 2 fully saturated rings. The number of hydrogen-bond donors (Lipinski definition) is 1. The van der Waals surface area contributed by atoms with Crippen molar-refractivity contribution in [2.75, 3.05) is 0 Å².